The van der Waals surface area contributed by atoms with Crippen molar-refractivity contribution in [1.29, 1.82) is 0 Å². The molecular formula is C38H54O5. The Balaban J connectivity index is 1.22. The average molecular weight is 591 g/mol. The number of carbonyl (C=O) groups is 1. The minimum Gasteiger partial charge on any atom is -0.504 e. The molecule has 236 valence electrons. The number of hydrogen-bond acceptors (Lipinski definition) is 5. The van der Waals surface area contributed by atoms with Gasteiger partial charge in [-0.05, 0) is 139 Å². The Morgan fingerprint density at radius 2 is 1.67 bits per heavy atom. The lowest BCUT2D eigenvalue weighted by Crippen LogP contribution is -2.67. The van der Waals surface area contributed by atoms with Gasteiger partial charge in [0.2, 0.25) is 0 Å². The Labute approximate surface area is 258 Å². The fourth-order valence-corrected chi connectivity index (χ4v) is 12.5. The zero-order valence-corrected chi connectivity index (χ0v) is 27.1. The zero-order valence-electron chi connectivity index (χ0n) is 27.1. The van der Waals surface area contributed by atoms with E-state index in [1.165, 1.54) is 50.3 Å². The molecule has 0 bridgehead atoms. The largest absolute Gasteiger partial charge is 0.504 e. The molecule has 0 radical (unpaired) electrons. The van der Waals surface area contributed by atoms with Crippen LogP contribution in [0.15, 0.2) is 36.9 Å². The normalized spacial score (nSPS) is 45.0. The molecule has 4 unspecified atom stereocenters. The van der Waals surface area contributed by atoms with Gasteiger partial charge in [-0.2, -0.15) is 0 Å². The molecular weight excluding hydrogens is 536 g/mol. The summed E-state index contributed by atoms with van der Waals surface area (Å²) in [6.45, 7) is 17.1. The maximum Gasteiger partial charge on any atom is 0.331 e. The van der Waals surface area contributed by atoms with E-state index >= 15 is 0 Å². The number of rotatable bonds is 5. The van der Waals surface area contributed by atoms with E-state index in [-0.39, 0.29) is 50.6 Å². The van der Waals surface area contributed by atoms with Crippen LogP contribution in [0.4, 0.5) is 0 Å². The summed E-state index contributed by atoms with van der Waals surface area (Å²) in [5, 5.41) is 30.0. The summed E-state index contributed by atoms with van der Waals surface area (Å²) in [5.41, 5.74) is 1.31. The standard InChI is InChI=1S/C38H54O5/c1-7-25-14-19-38(23-39)21-20-36(5)26(33(25)38)10-12-30-35(4)17-16-31(34(2,3)29(35)15-18-37(30,36)6)43-32(42)13-9-24-8-11-27(40)28(41)22-24/h7-9,11,13,22,25-26,29-31,33,39-41H,1,10,12,14-21,23H2,2-6H3/b13-9+/t25-,26?,29?,30?,31+,33?,35+,36-,37-,38-/m1/s1. The van der Waals surface area contributed by atoms with Crippen LogP contribution in [0.3, 0.4) is 0 Å². The van der Waals surface area contributed by atoms with Crippen LogP contribution in [0, 0.1) is 56.7 Å². The van der Waals surface area contributed by atoms with Crippen LogP contribution in [0.25, 0.3) is 6.08 Å². The lowest BCUT2D eigenvalue weighted by molar-refractivity contribution is -0.251. The van der Waals surface area contributed by atoms with Crippen LogP contribution < -0.4 is 0 Å². The maximum absolute atomic E-state index is 13.0. The van der Waals surface area contributed by atoms with Gasteiger partial charge in [-0.3, -0.25) is 0 Å². The highest BCUT2D eigenvalue weighted by Crippen LogP contribution is 2.77. The molecule has 43 heavy (non-hydrogen) atoms. The first-order valence-electron chi connectivity index (χ1n) is 16.9. The lowest BCUT2D eigenvalue weighted by Gasteiger charge is -2.73. The molecule has 0 aromatic heterocycles. The quantitative estimate of drug-likeness (QED) is 0.139. The van der Waals surface area contributed by atoms with E-state index in [4.69, 9.17) is 4.74 Å². The van der Waals surface area contributed by atoms with Crippen molar-refractivity contribution in [2.24, 2.45) is 56.7 Å². The third-order valence-electron chi connectivity index (χ3n) is 14.9. The molecule has 5 aliphatic carbocycles. The Kier molecular flexibility index (Phi) is 7.43. The number of aliphatic hydroxyl groups excluding tert-OH is 1. The summed E-state index contributed by atoms with van der Waals surface area (Å²) >= 11 is 0. The molecule has 6 rings (SSSR count). The van der Waals surface area contributed by atoms with Crippen molar-refractivity contribution in [1.82, 2.24) is 0 Å². The number of aromatic hydroxyl groups is 2. The van der Waals surface area contributed by atoms with Crippen LogP contribution in [0.5, 0.6) is 11.5 Å². The number of allylic oxidation sites excluding steroid dienone is 1. The first kappa shape index (κ1) is 30.7. The summed E-state index contributed by atoms with van der Waals surface area (Å²) in [6, 6.07) is 4.51. The monoisotopic (exact) mass is 590 g/mol. The van der Waals surface area contributed by atoms with Crippen molar-refractivity contribution in [2.75, 3.05) is 6.61 Å². The Morgan fingerprint density at radius 3 is 2.37 bits per heavy atom. The van der Waals surface area contributed by atoms with Gasteiger partial charge in [-0.1, -0.05) is 46.8 Å². The van der Waals surface area contributed by atoms with Crippen LogP contribution >= 0.6 is 0 Å². The molecule has 5 aliphatic rings. The fraction of sp³-hybridized carbons (Fsp3) is 0.711. The van der Waals surface area contributed by atoms with E-state index in [9.17, 15) is 20.1 Å². The molecule has 0 heterocycles. The second-order valence-electron chi connectivity index (χ2n) is 16.5. The molecule has 5 saturated carbocycles. The molecule has 5 fully saturated rings. The fourth-order valence-electron chi connectivity index (χ4n) is 12.5. The summed E-state index contributed by atoms with van der Waals surface area (Å²) in [5.74, 6) is 2.11. The average Bonchev–Trinajstić information content (AvgIpc) is 3.35. The number of fused-ring (bicyclic) bond motifs is 7. The highest BCUT2D eigenvalue weighted by molar-refractivity contribution is 5.87. The van der Waals surface area contributed by atoms with Gasteiger partial charge >= 0.3 is 5.97 Å². The van der Waals surface area contributed by atoms with Gasteiger partial charge in [0.15, 0.2) is 11.5 Å². The van der Waals surface area contributed by atoms with Crippen molar-refractivity contribution in [2.45, 2.75) is 105 Å². The maximum atomic E-state index is 13.0. The number of ether oxygens (including phenoxy) is 1. The summed E-state index contributed by atoms with van der Waals surface area (Å²) in [4.78, 5) is 13.0. The topological polar surface area (TPSA) is 87.0 Å². The first-order chi connectivity index (χ1) is 20.3. The smallest absolute Gasteiger partial charge is 0.331 e. The Bertz CT molecular complexity index is 1300. The first-order valence-corrected chi connectivity index (χ1v) is 16.9. The van der Waals surface area contributed by atoms with Gasteiger partial charge in [-0.15, -0.1) is 6.58 Å². The number of phenols is 2. The van der Waals surface area contributed by atoms with E-state index in [0.717, 1.165) is 32.1 Å². The molecule has 0 amide bonds. The number of hydrogen-bond donors (Lipinski definition) is 3. The molecule has 0 aliphatic heterocycles. The highest BCUT2D eigenvalue weighted by Gasteiger charge is 2.70. The van der Waals surface area contributed by atoms with Crippen molar-refractivity contribution in [3.05, 3.63) is 42.5 Å². The number of phenolic OH excluding ortho intramolecular Hbond substituents is 2. The van der Waals surface area contributed by atoms with E-state index < -0.39 is 0 Å². The third kappa shape index (κ3) is 4.37. The summed E-state index contributed by atoms with van der Waals surface area (Å²) < 4.78 is 6.17. The predicted octanol–water partition coefficient (Wildman–Crippen LogP) is 8.28. The minimum absolute atomic E-state index is 0.0916. The Morgan fingerprint density at radius 1 is 0.907 bits per heavy atom. The number of esters is 1. The van der Waals surface area contributed by atoms with Crippen molar-refractivity contribution in [3.63, 3.8) is 0 Å². The zero-order chi connectivity index (χ0) is 31.0. The third-order valence-corrected chi connectivity index (χ3v) is 14.9. The molecule has 10 atom stereocenters. The van der Waals surface area contributed by atoms with Crippen LogP contribution in [0.2, 0.25) is 0 Å². The van der Waals surface area contributed by atoms with E-state index in [1.54, 1.807) is 12.1 Å². The second kappa shape index (κ2) is 10.4. The minimum atomic E-state index is -0.356. The van der Waals surface area contributed by atoms with Crippen molar-refractivity contribution >= 4 is 12.0 Å². The number of benzene rings is 1. The molecule has 0 spiro atoms. The molecule has 5 heteroatoms. The molecule has 1 aromatic carbocycles. The number of aliphatic hydroxyl groups is 1. The van der Waals surface area contributed by atoms with Crippen LogP contribution in [0.1, 0.15) is 104 Å². The van der Waals surface area contributed by atoms with Gasteiger partial charge in [-0.25, -0.2) is 4.79 Å². The van der Waals surface area contributed by atoms with Gasteiger partial charge in [0.25, 0.3) is 0 Å². The summed E-state index contributed by atoms with van der Waals surface area (Å²) in [6.07, 6.45) is 16.7. The number of carbonyl (C=O) groups excluding carboxylic acids is 1. The van der Waals surface area contributed by atoms with Crippen molar-refractivity contribution < 1.29 is 24.9 Å². The van der Waals surface area contributed by atoms with Gasteiger partial charge in [0, 0.05) is 18.1 Å². The van der Waals surface area contributed by atoms with Crippen molar-refractivity contribution in [3.8, 4) is 11.5 Å². The lowest BCUT2D eigenvalue weighted by atomic mass is 9.32. The second-order valence-corrected chi connectivity index (χ2v) is 16.5. The molecule has 0 saturated heterocycles. The molecule has 1 aromatic rings. The van der Waals surface area contributed by atoms with E-state index in [2.05, 4.69) is 47.3 Å². The SMILES string of the molecule is C=C[C@@H]1CC[C@]2(CO)CC[C@]3(C)C(CCC4[C@@]5(C)CC[C@H](OC(=O)/C=C/c6ccc(O)c(O)c6)C(C)(C)C5CC[C@]43C)C12. The van der Waals surface area contributed by atoms with E-state index in [1.807, 2.05) is 0 Å². The Hall–Kier alpha value is -2.27. The highest BCUT2D eigenvalue weighted by atomic mass is 16.5. The van der Waals surface area contributed by atoms with Gasteiger partial charge < -0.3 is 20.1 Å². The predicted molar refractivity (Wildman–Crippen MR) is 170 cm³/mol. The van der Waals surface area contributed by atoms with Crippen LogP contribution in [-0.4, -0.2) is 34.0 Å². The summed E-state index contributed by atoms with van der Waals surface area (Å²) in [7, 11) is 0. The van der Waals surface area contributed by atoms with Crippen LogP contribution in [-0.2, 0) is 9.53 Å². The van der Waals surface area contributed by atoms with E-state index in [0.29, 0.717) is 41.8 Å². The molecule has 5 nitrogen and oxygen atoms in total. The molecule has 3 N–H and O–H groups in total. The van der Waals surface area contributed by atoms with Gasteiger partial charge in [0.05, 0.1) is 0 Å². The van der Waals surface area contributed by atoms with Gasteiger partial charge in [0.1, 0.15) is 6.10 Å².